The van der Waals surface area contributed by atoms with Gasteiger partial charge >= 0.3 is 0 Å². The molecular formula is C11H11N5O2S. The molecule has 8 heteroatoms. The van der Waals surface area contributed by atoms with Gasteiger partial charge in [-0.15, -0.1) is 0 Å². The van der Waals surface area contributed by atoms with Crippen LogP contribution >= 0.6 is 0 Å². The van der Waals surface area contributed by atoms with Gasteiger partial charge in [-0.1, -0.05) is 0 Å². The molecule has 2 N–H and O–H groups in total. The first-order valence-corrected chi connectivity index (χ1v) is 6.85. The van der Waals surface area contributed by atoms with Crippen LogP contribution in [0.2, 0.25) is 0 Å². The summed E-state index contributed by atoms with van der Waals surface area (Å²) in [5.74, 6) is 0.300. The van der Waals surface area contributed by atoms with E-state index in [2.05, 4.69) is 10.1 Å². The fourth-order valence-electron chi connectivity index (χ4n) is 1.69. The first-order chi connectivity index (χ1) is 8.84. The number of sulfonamides is 1. The van der Waals surface area contributed by atoms with Gasteiger partial charge in [-0.2, -0.15) is 10.4 Å². The van der Waals surface area contributed by atoms with Crippen molar-refractivity contribution >= 4 is 10.0 Å². The second kappa shape index (κ2) is 4.46. The van der Waals surface area contributed by atoms with Gasteiger partial charge < -0.3 is 0 Å². The van der Waals surface area contributed by atoms with E-state index in [1.807, 2.05) is 6.92 Å². The molecule has 2 aromatic rings. The molecule has 0 aliphatic heterocycles. The third kappa shape index (κ3) is 2.33. The Hall–Kier alpha value is -2.24. The smallest absolute Gasteiger partial charge is 0.237 e. The summed E-state index contributed by atoms with van der Waals surface area (Å²) in [6.45, 7) is 3.38. The van der Waals surface area contributed by atoms with Gasteiger partial charge in [0.05, 0.1) is 5.69 Å². The summed E-state index contributed by atoms with van der Waals surface area (Å²) in [5, 5.41) is 17.9. The van der Waals surface area contributed by atoms with Gasteiger partial charge in [-0.3, -0.25) is 0 Å². The highest BCUT2D eigenvalue weighted by atomic mass is 32.2. The average Bonchev–Trinajstić information content (AvgIpc) is 2.66. The van der Waals surface area contributed by atoms with Crippen LogP contribution < -0.4 is 5.14 Å². The largest absolute Gasteiger partial charge is 0.257 e. The molecule has 0 amide bonds. The van der Waals surface area contributed by atoms with Crippen molar-refractivity contribution in [3.8, 4) is 11.9 Å². The first kappa shape index (κ1) is 13.2. The van der Waals surface area contributed by atoms with E-state index in [1.54, 1.807) is 25.1 Å². The monoisotopic (exact) mass is 277 g/mol. The van der Waals surface area contributed by atoms with Crippen molar-refractivity contribution in [2.75, 3.05) is 0 Å². The van der Waals surface area contributed by atoms with Gasteiger partial charge in [0.15, 0.2) is 10.8 Å². The normalized spacial score (nSPS) is 11.3. The quantitative estimate of drug-likeness (QED) is 0.853. The SMILES string of the molecule is Cc1ccnc(-n2nc(C)c(C#N)c2S(N)(=O)=O)c1. The number of aromatic nitrogens is 3. The van der Waals surface area contributed by atoms with Crippen LogP contribution in [-0.2, 0) is 10.0 Å². The number of nitriles is 1. The van der Waals surface area contributed by atoms with Crippen LogP contribution in [0.25, 0.3) is 5.82 Å². The number of hydrogen-bond acceptors (Lipinski definition) is 5. The molecule has 0 aromatic carbocycles. The van der Waals surface area contributed by atoms with Crippen LogP contribution in [-0.4, -0.2) is 23.2 Å². The summed E-state index contributed by atoms with van der Waals surface area (Å²) in [4.78, 5) is 4.04. The summed E-state index contributed by atoms with van der Waals surface area (Å²) < 4.78 is 24.4. The Morgan fingerprint density at radius 1 is 1.42 bits per heavy atom. The Labute approximate surface area is 110 Å². The van der Waals surface area contributed by atoms with Gasteiger partial charge in [0.1, 0.15) is 11.6 Å². The predicted octanol–water partition coefficient (Wildman–Crippen LogP) is 0.403. The number of aryl methyl sites for hydroxylation is 2. The molecule has 0 saturated heterocycles. The van der Waals surface area contributed by atoms with Crippen molar-refractivity contribution in [1.29, 1.82) is 5.26 Å². The van der Waals surface area contributed by atoms with Crippen molar-refractivity contribution in [3.63, 3.8) is 0 Å². The lowest BCUT2D eigenvalue weighted by Gasteiger charge is -2.05. The molecule has 0 bridgehead atoms. The lowest BCUT2D eigenvalue weighted by atomic mass is 10.3. The highest BCUT2D eigenvalue weighted by molar-refractivity contribution is 7.89. The van der Waals surface area contributed by atoms with E-state index in [4.69, 9.17) is 10.4 Å². The van der Waals surface area contributed by atoms with E-state index >= 15 is 0 Å². The molecule has 0 fully saturated rings. The Kier molecular flexibility index (Phi) is 3.09. The molecule has 2 rings (SSSR count). The van der Waals surface area contributed by atoms with Gasteiger partial charge in [-0.05, 0) is 31.5 Å². The summed E-state index contributed by atoms with van der Waals surface area (Å²) in [5.41, 5.74) is 1.11. The Bertz CT molecular complexity index is 786. The van der Waals surface area contributed by atoms with Crippen LogP contribution in [0.4, 0.5) is 0 Å². The van der Waals surface area contributed by atoms with Gasteiger partial charge in [0, 0.05) is 6.20 Å². The van der Waals surface area contributed by atoms with E-state index in [1.165, 1.54) is 6.20 Å². The minimum Gasteiger partial charge on any atom is -0.237 e. The van der Waals surface area contributed by atoms with Crippen molar-refractivity contribution < 1.29 is 8.42 Å². The van der Waals surface area contributed by atoms with Crippen LogP contribution in [0.5, 0.6) is 0 Å². The minimum atomic E-state index is -4.08. The molecular weight excluding hydrogens is 266 g/mol. The lowest BCUT2D eigenvalue weighted by Crippen LogP contribution is -2.19. The molecule has 0 aliphatic rings. The molecule has 0 unspecified atom stereocenters. The minimum absolute atomic E-state index is 0.0641. The maximum Gasteiger partial charge on any atom is 0.257 e. The third-order valence-electron chi connectivity index (χ3n) is 2.52. The highest BCUT2D eigenvalue weighted by Gasteiger charge is 2.25. The summed E-state index contributed by atoms with van der Waals surface area (Å²) in [6.07, 6.45) is 1.53. The lowest BCUT2D eigenvalue weighted by molar-refractivity contribution is 0.586. The Balaban J connectivity index is 2.83. The topological polar surface area (TPSA) is 115 Å². The summed E-state index contributed by atoms with van der Waals surface area (Å²) in [7, 11) is -4.08. The van der Waals surface area contributed by atoms with Crippen molar-refractivity contribution in [2.45, 2.75) is 18.9 Å². The van der Waals surface area contributed by atoms with E-state index in [-0.39, 0.29) is 16.3 Å². The van der Waals surface area contributed by atoms with Gasteiger partial charge in [-0.25, -0.2) is 23.2 Å². The molecule has 0 radical (unpaired) electrons. The number of pyridine rings is 1. The average molecular weight is 277 g/mol. The molecule has 0 saturated carbocycles. The fourth-order valence-corrected chi connectivity index (χ4v) is 2.54. The standard InChI is InChI=1S/C11H11N5O2S/c1-7-3-4-14-10(5-7)16-11(19(13,17)18)9(6-12)8(2)15-16/h3-5H,1-2H3,(H2,13,17,18). The summed E-state index contributed by atoms with van der Waals surface area (Å²) in [6, 6.07) is 5.23. The molecule has 2 aromatic heterocycles. The van der Waals surface area contributed by atoms with E-state index in [0.717, 1.165) is 10.2 Å². The molecule has 7 nitrogen and oxygen atoms in total. The van der Waals surface area contributed by atoms with Crippen LogP contribution in [0.1, 0.15) is 16.8 Å². The van der Waals surface area contributed by atoms with Gasteiger partial charge in [0.25, 0.3) is 10.0 Å². The van der Waals surface area contributed by atoms with E-state index in [0.29, 0.717) is 5.82 Å². The molecule has 0 atom stereocenters. The van der Waals surface area contributed by atoms with E-state index < -0.39 is 10.0 Å². The number of hydrogen-bond donors (Lipinski definition) is 1. The van der Waals surface area contributed by atoms with Gasteiger partial charge in [0.2, 0.25) is 0 Å². The van der Waals surface area contributed by atoms with Crippen molar-refractivity contribution in [3.05, 3.63) is 35.2 Å². The van der Waals surface area contributed by atoms with Crippen molar-refractivity contribution in [2.24, 2.45) is 5.14 Å². The zero-order valence-corrected chi connectivity index (χ0v) is 11.1. The van der Waals surface area contributed by atoms with Crippen LogP contribution in [0.3, 0.4) is 0 Å². The summed E-state index contributed by atoms with van der Waals surface area (Å²) >= 11 is 0. The number of nitrogens with zero attached hydrogens (tertiary/aromatic N) is 4. The predicted molar refractivity (Wildman–Crippen MR) is 66.9 cm³/mol. The molecule has 0 aliphatic carbocycles. The second-order valence-corrected chi connectivity index (χ2v) is 5.50. The molecule has 0 spiro atoms. The zero-order chi connectivity index (χ0) is 14.2. The van der Waals surface area contributed by atoms with Crippen LogP contribution in [0, 0.1) is 25.2 Å². The highest BCUT2D eigenvalue weighted by Crippen LogP contribution is 2.20. The fraction of sp³-hybridized carbons (Fsp3) is 0.182. The second-order valence-electron chi connectivity index (χ2n) is 4.03. The molecule has 19 heavy (non-hydrogen) atoms. The maximum atomic E-state index is 11.6. The van der Waals surface area contributed by atoms with E-state index in [9.17, 15) is 8.42 Å². The molecule has 98 valence electrons. The molecule has 2 heterocycles. The maximum absolute atomic E-state index is 11.6. The van der Waals surface area contributed by atoms with Crippen LogP contribution in [0.15, 0.2) is 23.4 Å². The third-order valence-corrected chi connectivity index (χ3v) is 3.43. The number of nitrogens with two attached hydrogens (primary N) is 1. The number of primary sulfonamides is 1. The Morgan fingerprint density at radius 2 is 2.11 bits per heavy atom. The zero-order valence-electron chi connectivity index (χ0n) is 10.3. The Morgan fingerprint density at radius 3 is 2.63 bits per heavy atom. The van der Waals surface area contributed by atoms with Crippen molar-refractivity contribution in [1.82, 2.24) is 14.8 Å². The number of rotatable bonds is 2. The first-order valence-electron chi connectivity index (χ1n) is 5.30.